The molecule has 1 fully saturated rings. The van der Waals surface area contributed by atoms with E-state index in [-0.39, 0.29) is 0 Å². The Bertz CT molecular complexity index is 545. The molecular formula is C17H26N2S. The van der Waals surface area contributed by atoms with Crippen LogP contribution in [0.2, 0.25) is 0 Å². The average Bonchev–Trinajstić information content (AvgIpc) is 2.86. The van der Waals surface area contributed by atoms with Crippen molar-refractivity contribution in [3.63, 3.8) is 0 Å². The van der Waals surface area contributed by atoms with Gasteiger partial charge in [0.05, 0.1) is 0 Å². The number of nitrogens with one attached hydrogen (secondary N) is 1. The van der Waals surface area contributed by atoms with Crippen molar-refractivity contribution in [3.8, 4) is 0 Å². The van der Waals surface area contributed by atoms with E-state index in [9.17, 15) is 0 Å². The van der Waals surface area contributed by atoms with E-state index in [1.165, 1.54) is 49.2 Å². The first kappa shape index (κ1) is 14.2. The van der Waals surface area contributed by atoms with Crippen LogP contribution in [-0.4, -0.2) is 9.97 Å². The molecular weight excluding hydrogens is 264 g/mol. The first-order chi connectivity index (χ1) is 9.45. The normalized spacial score (nSPS) is 26.6. The Kier molecular flexibility index (Phi) is 3.74. The molecule has 1 saturated carbocycles. The summed E-state index contributed by atoms with van der Waals surface area (Å²) in [5.74, 6) is 2.63. The Morgan fingerprint density at radius 3 is 2.45 bits per heavy atom. The van der Waals surface area contributed by atoms with Gasteiger partial charge in [-0.25, -0.2) is 4.98 Å². The second kappa shape index (κ2) is 5.25. The van der Waals surface area contributed by atoms with Gasteiger partial charge >= 0.3 is 0 Å². The van der Waals surface area contributed by atoms with Crippen LogP contribution in [0.15, 0.2) is 0 Å². The molecule has 3 heteroatoms. The fourth-order valence-electron chi connectivity index (χ4n) is 3.90. The molecule has 1 aromatic heterocycles. The van der Waals surface area contributed by atoms with Crippen LogP contribution < -0.4 is 0 Å². The molecule has 110 valence electrons. The van der Waals surface area contributed by atoms with E-state index in [4.69, 9.17) is 17.2 Å². The summed E-state index contributed by atoms with van der Waals surface area (Å²) in [5, 5.41) is 0. The van der Waals surface area contributed by atoms with Crippen molar-refractivity contribution < 1.29 is 0 Å². The quantitative estimate of drug-likeness (QED) is 0.741. The summed E-state index contributed by atoms with van der Waals surface area (Å²) in [7, 11) is 0. The number of H-pyrrole nitrogens is 1. The lowest BCUT2D eigenvalue weighted by Gasteiger charge is -2.36. The van der Waals surface area contributed by atoms with Gasteiger partial charge in [-0.05, 0) is 56.3 Å². The molecule has 20 heavy (non-hydrogen) atoms. The Hall–Kier alpha value is -0.700. The monoisotopic (exact) mass is 290 g/mol. The number of aromatic amines is 1. The molecule has 1 N–H and O–H groups in total. The van der Waals surface area contributed by atoms with E-state index in [0.717, 1.165) is 23.4 Å². The van der Waals surface area contributed by atoms with E-state index in [2.05, 4.69) is 25.8 Å². The van der Waals surface area contributed by atoms with Gasteiger partial charge in [-0.15, -0.1) is 0 Å². The summed E-state index contributed by atoms with van der Waals surface area (Å²) in [5.41, 5.74) is 3.13. The summed E-state index contributed by atoms with van der Waals surface area (Å²) in [6.45, 7) is 7.12. The number of hydrogen-bond donors (Lipinski definition) is 1. The molecule has 2 aliphatic rings. The zero-order valence-corrected chi connectivity index (χ0v) is 13.8. The predicted octanol–water partition coefficient (Wildman–Crippen LogP) is 4.95. The largest absolute Gasteiger partial charge is 0.347 e. The summed E-state index contributed by atoms with van der Waals surface area (Å²) in [6.07, 6.45) is 8.69. The Morgan fingerprint density at radius 2 is 1.80 bits per heavy atom. The standard InChI is InChI=1S/C17H26N2S/c1-17(2,3)12-9-7-11(8-10-12)15-18-14-6-4-5-13(14)16(20)19-15/h11-12H,4-10H2,1-3H3,(H,18,19,20). The van der Waals surface area contributed by atoms with E-state index < -0.39 is 0 Å². The number of nitrogens with zero attached hydrogens (tertiary/aromatic N) is 1. The van der Waals surface area contributed by atoms with Gasteiger partial charge in [0.25, 0.3) is 0 Å². The molecule has 0 aliphatic heterocycles. The SMILES string of the molecule is CC(C)(C)C1CCC(c2nc(=S)c3c([nH]2)CCC3)CC1. The fourth-order valence-corrected chi connectivity index (χ4v) is 4.23. The molecule has 0 aromatic carbocycles. The Morgan fingerprint density at radius 1 is 1.10 bits per heavy atom. The molecule has 0 spiro atoms. The molecule has 2 nitrogen and oxygen atoms in total. The highest BCUT2D eigenvalue weighted by molar-refractivity contribution is 7.71. The molecule has 1 heterocycles. The van der Waals surface area contributed by atoms with Crippen LogP contribution in [0.1, 0.15) is 75.9 Å². The van der Waals surface area contributed by atoms with Crippen LogP contribution in [0.5, 0.6) is 0 Å². The molecule has 2 aliphatic carbocycles. The zero-order chi connectivity index (χ0) is 14.3. The van der Waals surface area contributed by atoms with Gasteiger partial charge in [-0.2, -0.15) is 0 Å². The van der Waals surface area contributed by atoms with Crippen LogP contribution in [0.3, 0.4) is 0 Å². The van der Waals surface area contributed by atoms with Crippen molar-refractivity contribution >= 4 is 12.2 Å². The number of rotatable bonds is 1. The van der Waals surface area contributed by atoms with E-state index in [0.29, 0.717) is 11.3 Å². The van der Waals surface area contributed by atoms with E-state index in [1.807, 2.05) is 0 Å². The molecule has 0 atom stereocenters. The van der Waals surface area contributed by atoms with Crippen molar-refractivity contribution in [2.24, 2.45) is 11.3 Å². The van der Waals surface area contributed by atoms with Gasteiger partial charge < -0.3 is 4.98 Å². The minimum Gasteiger partial charge on any atom is -0.347 e. The molecule has 0 saturated heterocycles. The molecule has 0 amide bonds. The lowest BCUT2D eigenvalue weighted by molar-refractivity contribution is 0.167. The van der Waals surface area contributed by atoms with Crippen LogP contribution in [0.4, 0.5) is 0 Å². The maximum atomic E-state index is 5.49. The van der Waals surface area contributed by atoms with Crippen LogP contribution in [-0.2, 0) is 12.8 Å². The van der Waals surface area contributed by atoms with Crippen molar-refractivity contribution in [3.05, 3.63) is 21.7 Å². The third kappa shape index (κ3) is 2.69. The van der Waals surface area contributed by atoms with Crippen molar-refractivity contribution in [1.29, 1.82) is 0 Å². The molecule has 0 radical (unpaired) electrons. The molecule has 0 unspecified atom stereocenters. The third-order valence-corrected chi connectivity index (χ3v) is 5.65. The smallest absolute Gasteiger partial charge is 0.133 e. The number of fused-ring (bicyclic) bond motifs is 1. The minimum absolute atomic E-state index is 0.448. The van der Waals surface area contributed by atoms with Gasteiger partial charge in [0.2, 0.25) is 0 Å². The Balaban J connectivity index is 1.76. The van der Waals surface area contributed by atoms with Gasteiger partial charge in [0.1, 0.15) is 10.5 Å². The summed E-state index contributed by atoms with van der Waals surface area (Å²) >= 11 is 5.49. The second-order valence-corrected chi connectivity index (χ2v) is 8.04. The van der Waals surface area contributed by atoms with Crippen molar-refractivity contribution in [2.45, 2.75) is 71.6 Å². The predicted molar refractivity (Wildman–Crippen MR) is 85.6 cm³/mol. The number of hydrogen-bond acceptors (Lipinski definition) is 2. The molecule has 0 bridgehead atoms. The Labute approximate surface area is 127 Å². The van der Waals surface area contributed by atoms with Gasteiger partial charge in [-0.1, -0.05) is 33.0 Å². The van der Waals surface area contributed by atoms with E-state index in [1.54, 1.807) is 0 Å². The summed E-state index contributed by atoms with van der Waals surface area (Å²) in [6, 6.07) is 0. The van der Waals surface area contributed by atoms with Gasteiger partial charge in [0.15, 0.2) is 0 Å². The van der Waals surface area contributed by atoms with Crippen molar-refractivity contribution in [2.75, 3.05) is 0 Å². The van der Waals surface area contributed by atoms with Crippen molar-refractivity contribution in [1.82, 2.24) is 9.97 Å². The molecule has 1 aromatic rings. The van der Waals surface area contributed by atoms with Gasteiger partial charge in [0, 0.05) is 17.2 Å². The first-order valence-electron chi connectivity index (χ1n) is 8.07. The maximum absolute atomic E-state index is 5.49. The first-order valence-corrected chi connectivity index (χ1v) is 8.48. The second-order valence-electron chi connectivity index (χ2n) is 7.65. The highest BCUT2D eigenvalue weighted by Gasteiger charge is 2.31. The van der Waals surface area contributed by atoms with Crippen LogP contribution in [0.25, 0.3) is 0 Å². The average molecular weight is 290 g/mol. The highest BCUT2D eigenvalue weighted by atomic mass is 32.1. The number of aryl methyl sites for hydroxylation is 1. The van der Waals surface area contributed by atoms with Crippen LogP contribution >= 0.6 is 12.2 Å². The fraction of sp³-hybridized carbons (Fsp3) is 0.765. The maximum Gasteiger partial charge on any atom is 0.133 e. The van der Waals surface area contributed by atoms with Crippen LogP contribution in [0, 0.1) is 16.0 Å². The minimum atomic E-state index is 0.448. The van der Waals surface area contributed by atoms with Gasteiger partial charge in [-0.3, -0.25) is 0 Å². The lowest BCUT2D eigenvalue weighted by Crippen LogP contribution is -2.26. The summed E-state index contributed by atoms with van der Waals surface area (Å²) < 4.78 is 0.865. The number of aromatic nitrogens is 2. The highest BCUT2D eigenvalue weighted by Crippen LogP contribution is 2.42. The summed E-state index contributed by atoms with van der Waals surface area (Å²) in [4.78, 5) is 8.33. The zero-order valence-electron chi connectivity index (χ0n) is 13.0. The third-order valence-electron chi connectivity index (χ3n) is 5.32. The topological polar surface area (TPSA) is 28.7 Å². The molecule has 3 rings (SSSR count). The van der Waals surface area contributed by atoms with E-state index >= 15 is 0 Å². The lowest BCUT2D eigenvalue weighted by atomic mass is 9.69.